The Kier molecular flexibility index (Phi) is 3.76. The van der Waals surface area contributed by atoms with Gasteiger partial charge in [0.05, 0.1) is 6.61 Å². The van der Waals surface area contributed by atoms with Crippen molar-refractivity contribution in [2.24, 2.45) is 0 Å². The molecule has 2 aliphatic rings. The largest absolute Gasteiger partial charge is 0.451 e. The summed E-state index contributed by atoms with van der Waals surface area (Å²) in [5.74, 6) is -0.760. The van der Waals surface area contributed by atoms with Crippen molar-refractivity contribution >= 4 is 17.2 Å². The van der Waals surface area contributed by atoms with E-state index >= 15 is 0 Å². The van der Waals surface area contributed by atoms with Crippen LogP contribution in [0.1, 0.15) is 29.1 Å². The third kappa shape index (κ3) is 2.67. The van der Waals surface area contributed by atoms with Gasteiger partial charge in [-0.15, -0.1) is 11.3 Å². The molecular formula is C16H16F3N3OS. The summed E-state index contributed by atoms with van der Waals surface area (Å²) in [7, 11) is 0. The molecule has 0 N–H and O–H groups in total. The SMILES string of the molecule is FC(F)(F)c1nccc(N2CCC3(CC2)OCCc2ccsc23)n1. The predicted octanol–water partition coefficient (Wildman–Crippen LogP) is 3.63. The first-order valence-corrected chi connectivity index (χ1v) is 8.72. The minimum atomic E-state index is -4.52. The first kappa shape index (κ1) is 15.8. The Hall–Kier alpha value is -1.67. The van der Waals surface area contributed by atoms with Gasteiger partial charge >= 0.3 is 6.18 Å². The maximum absolute atomic E-state index is 12.8. The van der Waals surface area contributed by atoms with Gasteiger partial charge in [-0.05, 0) is 42.3 Å². The molecule has 4 nitrogen and oxygen atoms in total. The summed E-state index contributed by atoms with van der Waals surface area (Å²) in [5.41, 5.74) is 1.07. The van der Waals surface area contributed by atoms with Crippen molar-refractivity contribution in [3.05, 3.63) is 40.0 Å². The van der Waals surface area contributed by atoms with Crippen LogP contribution >= 0.6 is 11.3 Å². The van der Waals surface area contributed by atoms with Crippen molar-refractivity contribution in [2.75, 3.05) is 24.6 Å². The second-order valence-corrected chi connectivity index (χ2v) is 7.01. The van der Waals surface area contributed by atoms with E-state index in [1.165, 1.54) is 22.7 Å². The van der Waals surface area contributed by atoms with Crippen molar-refractivity contribution in [2.45, 2.75) is 31.0 Å². The first-order valence-electron chi connectivity index (χ1n) is 7.84. The number of thiophene rings is 1. The van der Waals surface area contributed by atoms with E-state index in [0.717, 1.165) is 19.3 Å². The molecule has 0 unspecified atom stereocenters. The lowest BCUT2D eigenvalue weighted by Crippen LogP contribution is -2.46. The number of piperidine rings is 1. The topological polar surface area (TPSA) is 38.2 Å². The Bertz CT molecular complexity index is 738. The molecule has 0 amide bonds. The average molecular weight is 355 g/mol. The molecule has 0 atom stereocenters. The van der Waals surface area contributed by atoms with Crippen molar-refractivity contribution in [1.29, 1.82) is 0 Å². The molecule has 4 heterocycles. The molecule has 1 fully saturated rings. The summed E-state index contributed by atoms with van der Waals surface area (Å²) < 4.78 is 44.5. The van der Waals surface area contributed by atoms with Crippen LogP contribution in [0.15, 0.2) is 23.7 Å². The van der Waals surface area contributed by atoms with Crippen LogP contribution in [-0.4, -0.2) is 29.7 Å². The lowest BCUT2D eigenvalue weighted by Gasteiger charge is -2.44. The minimum Gasteiger partial charge on any atom is -0.369 e. The molecule has 1 spiro atoms. The summed E-state index contributed by atoms with van der Waals surface area (Å²) in [6.45, 7) is 1.94. The first-order chi connectivity index (χ1) is 11.5. The molecule has 0 aromatic carbocycles. The van der Waals surface area contributed by atoms with Gasteiger partial charge in [-0.25, -0.2) is 9.97 Å². The predicted molar refractivity (Wildman–Crippen MR) is 84.1 cm³/mol. The molecule has 0 aliphatic carbocycles. The molecule has 4 rings (SSSR count). The fraction of sp³-hybridized carbons (Fsp3) is 0.500. The van der Waals surface area contributed by atoms with Gasteiger partial charge in [0.15, 0.2) is 0 Å². The Labute approximate surface area is 141 Å². The van der Waals surface area contributed by atoms with E-state index in [2.05, 4.69) is 21.4 Å². The van der Waals surface area contributed by atoms with Crippen LogP contribution in [-0.2, 0) is 22.9 Å². The molecule has 8 heteroatoms. The zero-order valence-corrected chi connectivity index (χ0v) is 13.7. The summed E-state index contributed by atoms with van der Waals surface area (Å²) in [5, 5.41) is 2.09. The number of anilines is 1. The van der Waals surface area contributed by atoms with Gasteiger partial charge in [0.2, 0.25) is 5.82 Å². The van der Waals surface area contributed by atoms with Gasteiger partial charge in [-0.3, -0.25) is 0 Å². The molecule has 2 aromatic heterocycles. The van der Waals surface area contributed by atoms with Crippen LogP contribution in [0.25, 0.3) is 0 Å². The second kappa shape index (κ2) is 5.70. The van der Waals surface area contributed by atoms with Crippen LogP contribution in [0.4, 0.5) is 19.0 Å². The maximum atomic E-state index is 12.8. The number of rotatable bonds is 1. The highest BCUT2D eigenvalue weighted by molar-refractivity contribution is 7.10. The summed E-state index contributed by atoms with van der Waals surface area (Å²) in [6.07, 6.45) is -0.904. The fourth-order valence-corrected chi connectivity index (χ4v) is 4.65. The number of fused-ring (bicyclic) bond motifs is 2. The monoisotopic (exact) mass is 355 g/mol. The normalized spacial score (nSPS) is 20.2. The Morgan fingerprint density at radius 3 is 2.75 bits per heavy atom. The number of ether oxygens (including phenoxy) is 1. The molecule has 0 saturated carbocycles. The summed E-state index contributed by atoms with van der Waals surface area (Å²) in [4.78, 5) is 10.2. The lowest BCUT2D eigenvalue weighted by molar-refractivity contribution is -0.144. The highest BCUT2D eigenvalue weighted by atomic mass is 32.1. The molecule has 1 saturated heterocycles. The molecule has 24 heavy (non-hydrogen) atoms. The average Bonchev–Trinajstić information content (AvgIpc) is 3.05. The Balaban J connectivity index is 1.54. The molecule has 2 aliphatic heterocycles. The van der Waals surface area contributed by atoms with Gasteiger partial charge in [0, 0.05) is 24.2 Å². The van der Waals surface area contributed by atoms with Crippen LogP contribution in [0.2, 0.25) is 0 Å². The van der Waals surface area contributed by atoms with Crippen molar-refractivity contribution in [3.63, 3.8) is 0 Å². The van der Waals surface area contributed by atoms with E-state index in [9.17, 15) is 13.2 Å². The van der Waals surface area contributed by atoms with Crippen LogP contribution in [0.3, 0.4) is 0 Å². The zero-order valence-electron chi connectivity index (χ0n) is 12.8. The van der Waals surface area contributed by atoms with E-state index in [1.807, 2.05) is 4.90 Å². The van der Waals surface area contributed by atoms with Gasteiger partial charge in [0.25, 0.3) is 0 Å². The molecule has 0 bridgehead atoms. The number of alkyl halides is 3. The summed E-state index contributed by atoms with van der Waals surface area (Å²) in [6, 6.07) is 3.68. The van der Waals surface area contributed by atoms with Gasteiger partial charge in [-0.2, -0.15) is 13.2 Å². The molecule has 0 radical (unpaired) electrons. The zero-order chi connectivity index (χ0) is 16.8. The quantitative estimate of drug-likeness (QED) is 0.783. The van der Waals surface area contributed by atoms with E-state index in [-0.39, 0.29) is 5.60 Å². The van der Waals surface area contributed by atoms with Crippen LogP contribution < -0.4 is 4.90 Å². The lowest BCUT2D eigenvalue weighted by atomic mass is 9.85. The number of hydrogen-bond donors (Lipinski definition) is 0. The van der Waals surface area contributed by atoms with E-state index in [0.29, 0.717) is 25.5 Å². The van der Waals surface area contributed by atoms with Crippen molar-refractivity contribution in [1.82, 2.24) is 9.97 Å². The maximum Gasteiger partial charge on any atom is 0.451 e. The van der Waals surface area contributed by atoms with Gasteiger partial charge in [0.1, 0.15) is 11.4 Å². The highest BCUT2D eigenvalue weighted by Crippen LogP contribution is 2.44. The third-order valence-corrected chi connectivity index (χ3v) is 5.84. The highest BCUT2D eigenvalue weighted by Gasteiger charge is 2.42. The van der Waals surface area contributed by atoms with E-state index < -0.39 is 12.0 Å². The van der Waals surface area contributed by atoms with Crippen LogP contribution in [0, 0.1) is 0 Å². The molecular weight excluding hydrogens is 339 g/mol. The third-order valence-electron chi connectivity index (χ3n) is 4.70. The Morgan fingerprint density at radius 1 is 1.21 bits per heavy atom. The van der Waals surface area contributed by atoms with Crippen molar-refractivity contribution < 1.29 is 17.9 Å². The van der Waals surface area contributed by atoms with Gasteiger partial charge in [-0.1, -0.05) is 0 Å². The van der Waals surface area contributed by atoms with E-state index in [1.54, 1.807) is 11.3 Å². The fourth-order valence-electron chi connectivity index (χ4n) is 3.48. The number of nitrogens with zero attached hydrogens (tertiary/aromatic N) is 3. The van der Waals surface area contributed by atoms with Gasteiger partial charge < -0.3 is 9.64 Å². The number of halogens is 3. The van der Waals surface area contributed by atoms with Crippen LogP contribution in [0.5, 0.6) is 0 Å². The minimum absolute atomic E-state index is 0.280. The Morgan fingerprint density at radius 2 is 2.00 bits per heavy atom. The number of aromatic nitrogens is 2. The molecule has 2 aromatic rings. The van der Waals surface area contributed by atoms with Crippen molar-refractivity contribution in [3.8, 4) is 0 Å². The smallest absolute Gasteiger partial charge is 0.369 e. The number of hydrogen-bond acceptors (Lipinski definition) is 5. The summed E-state index contributed by atoms with van der Waals surface area (Å²) >= 11 is 1.72. The molecule has 128 valence electrons. The second-order valence-electron chi connectivity index (χ2n) is 6.09. The standard InChI is InChI=1S/C16H16F3N3OS/c17-16(18,19)14-20-6-1-12(21-14)22-7-4-15(5-8-22)13-11(2-9-23-15)3-10-24-13/h1,3,6,10H,2,4-5,7-9H2. The van der Waals surface area contributed by atoms with E-state index in [4.69, 9.17) is 4.74 Å².